The maximum absolute atomic E-state index is 9.84. The third-order valence-corrected chi connectivity index (χ3v) is 3.93. The Morgan fingerprint density at radius 2 is 1.95 bits per heavy atom. The Labute approximate surface area is 125 Å². The summed E-state index contributed by atoms with van der Waals surface area (Å²) in [5.41, 5.74) is 4.54. The summed E-state index contributed by atoms with van der Waals surface area (Å²) in [6.45, 7) is 6.87. The molecule has 106 valence electrons. The highest BCUT2D eigenvalue weighted by atomic mass is 35.5. The molecule has 2 N–H and O–H groups in total. The lowest BCUT2D eigenvalue weighted by Gasteiger charge is -2.18. The quantitative estimate of drug-likeness (QED) is 0.868. The molecule has 2 aromatic rings. The van der Waals surface area contributed by atoms with Crippen LogP contribution in [0.15, 0.2) is 36.4 Å². The highest BCUT2D eigenvalue weighted by Gasteiger charge is 2.11. The van der Waals surface area contributed by atoms with Crippen molar-refractivity contribution in [3.63, 3.8) is 0 Å². The van der Waals surface area contributed by atoms with Crippen LogP contribution in [-0.2, 0) is 6.54 Å². The van der Waals surface area contributed by atoms with Gasteiger partial charge < -0.3 is 10.4 Å². The third kappa shape index (κ3) is 3.33. The molecule has 0 aliphatic carbocycles. The van der Waals surface area contributed by atoms with E-state index in [1.165, 1.54) is 16.7 Å². The Kier molecular flexibility index (Phi) is 4.69. The van der Waals surface area contributed by atoms with E-state index >= 15 is 0 Å². The minimum absolute atomic E-state index is 0.200. The van der Waals surface area contributed by atoms with Gasteiger partial charge in [-0.1, -0.05) is 41.4 Å². The van der Waals surface area contributed by atoms with Gasteiger partial charge in [-0.15, -0.1) is 0 Å². The van der Waals surface area contributed by atoms with Gasteiger partial charge in [-0.25, -0.2) is 0 Å². The lowest BCUT2D eigenvalue weighted by Crippen LogP contribution is -2.19. The van der Waals surface area contributed by atoms with Crippen molar-refractivity contribution in [1.29, 1.82) is 0 Å². The van der Waals surface area contributed by atoms with Gasteiger partial charge in [0.15, 0.2) is 0 Å². The van der Waals surface area contributed by atoms with Crippen molar-refractivity contribution >= 4 is 11.6 Å². The van der Waals surface area contributed by atoms with Crippen LogP contribution in [0.25, 0.3) is 0 Å². The average Bonchev–Trinajstić information content (AvgIpc) is 2.37. The second-order valence-corrected chi connectivity index (χ2v) is 5.61. The monoisotopic (exact) mass is 289 g/mol. The fourth-order valence-corrected chi connectivity index (χ4v) is 2.64. The first-order chi connectivity index (χ1) is 9.49. The Morgan fingerprint density at radius 1 is 1.20 bits per heavy atom. The molecule has 0 radical (unpaired) electrons. The van der Waals surface area contributed by atoms with E-state index in [0.717, 1.165) is 5.56 Å². The van der Waals surface area contributed by atoms with Gasteiger partial charge in [0.05, 0.1) is 0 Å². The van der Waals surface area contributed by atoms with Crippen molar-refractivity contribution in [1.82, 2.24) is 5.32 Å². The summed E-state index contributed by atoms with van der Waals surface area (Å²) in [6, 6.07) is 11.8. The van der Waals surface area contributed by atoms with Crippen LogP contribution in [0.1, 0.15) is 35.2 Å². The summed E-state index contributed by atoms with van der Waals surface area (Å²) < 4.78 is 0. The zero-order valence-electron chi connectivity index (χ0n) is 12.1. The van der Waals surface area contributed by atoms with Gasteiger partial charge in [0.25, 0.3) is 0 Å². The molecule has 2 nitrogen and oxygen atoms in total. The summed E-state index contributed by atoms with van der Waals surface area (Å²) in [5.74, 6) is 0.234. The molecule has 1 unspecified atom stereocenters. The third-order valence-electron chi connectivity index (χ3n) is 3.57. The fourth-order valence-electron chi connectivity index (χ4n) is 2.40. The van der Waals surface area contributed by atoms with E-state index < -0.39 is 0 Å². The average molecular weight is 290 g/mol. The first-order valence-electron chi connectivity index (χ1n) is 6.76. The van der Waals surface area contributed by atoms with E-state index in [9.17, 15) is 5.11 Å². The van der Waals surface area contributed by atoms with Crippen LogP contribution in [0.4, 0.5) is 0 Å². The van der Waals surface area contributed by atoms with E-state index in [-0.39, 0.29) is 11.8 Å². The highest BCUT2D eigenvalue weighted by molar-refractivity contribution is 6.31. The van der Waals surface area contributed by atoms with Crippen LogP contribution in [0.2, 0.25) is 5.02 Å². The van der Waals surface area contributed by atoms with Crippen molar-refractivity contribution in [2.24, 2.45) is 0 Å². The number of nitrogens with one attached hydrogen (secondary N) is 1. The number of hydrogen-bond acceptors (Lipinski definition) is 2. The molecule has 0 amide bonds. The standard InChI is InChI=1S/C17H20ClNO/c1-11-7-8-14(12(2)9-11)13(3)19-10-15-16(18)5-4-6-17(15)20/h4-9,13,19-20H,10H2,1-3H3. The molecule has 0 aromatic heterocycles. The van der Waals surface area contributed by atoms with Crippen LogP contribution in [-0.4, -0.2) is 5.11 Å². The number of rotatable bonds is 4. The first-order valence-corrected chi connectivity index (χ1v) is 7.13. The van der Waals surface area contributed by atoms with Gasteiger partial charge in [-0.2, -0.15) is 0 Å². The van der Waals surface area contributed by atoms with Crippen molar-refractivity contribution in [2.45, 2.75) is 33.4 Å². The molecule has 1 atom stereocenters. The molecule has 0 saturated heterocycles. The number of benzene rings is 2. The first kappa shape index (κ1) is 14.9. The molecule has 0 aliphatic heterocycles. The van der Waals surface area contributed by atoms with E-state index in [4.69, 9.17) is 11.6 Å². The fraction of sp³-hybridized carbons (Fsp3) is 0.294. The SMILES string of the molecule is Cc1ccc(C(C)NCc2c(O)cccc2Cl)c(C)c1. The lowest BCUT2D eigenvalue weighted by molar-refractivity contribution is 0.460. The number of halogens is 1. The predicted molar refractivity (Wildman–Crippen MR) is 84.3 cm³/mol. The molecule has 0 bridgehead atoms. The molecule has 0 fully saturated rings. The van der Waals surface area contributed by atoms with Gasteiger partial charge in [0.2, 0.25) is 0 Å². The van der Waals surface area contributed by atoms with Crippen LogP contribution in [0, 0.1) is 13.8 Å². The Morgan fingerprint density at radius 3 is 2.60 bits per heavy atom. The van der Waals surface area contributed by atoms with Crippen LogP contribution < -0.4 is 5.32 Å². The van der Waals surface area contributed by atoms with Gasteiger partial charge in [-0.05, 0) is 44.0 Å². The zero-order valence-corrected chi connectivity index (χ0v) is 12.8. The maximum atomic E-state index is 9.84. The zero-order chi connectivity index (χ0) is 14.7. The van der Waals surface area contributed by atoms with Crippen LogP contribution in [0.3, 0.4) is 0 Å². The minimum atomic E-state index is 0.200. The number of phenolic OH excluding ortho intramolecular Hbond substituents is 1. The summed E-state index contributed by atoms with van der Waals surface area (Å²) >= 11 is 6.11. The predicted octanol–water partition coefficient (Wildman–Crippen LogP) is 4.51. The summed E-state index contributed by atoms with van der Waals surface area (Å²) in [6.07, 6.45) is 0. The van der Waals surface area contributed by atoms with Crippen molar-refractivity contribution in [2.75, 3.05) is 0 Å². The van der Waals surface area contributed by atoms with Gasteiger partial charge in [0, 0.05) is 23.2 Å². The molecule has 0 saturated carbocycles. The maximum Gasteiger partial charge on any atom is 0.121 e. The molecule has 20 heavy (non-hydrogen) atoms. The van der Waals surface area contributed by atoms with Crippen LogP contribution in [0.5, 0.6) is 5.75 Å². The summed E-state index contributed by atoms with van der Waals surface area (Å²) in [5, 5.41) is 13.8. The number of phenols is 1. The molecular formula is C17H20ClNO. The Balaban J connectivity index is 2.11. The van der Waals surface area contributed by atoms with Gasteiger partial charge in [0.1, 0.15) is 5.75 Å². The van der Waals surface area contributed by atoms with E-state index in [1.807, 2.05) is 0 Å². The topological polar surface area (TPSA) is 32.3 Å². The molecule has 2 rings (SSSR count). The summed E-state index contributed by atoms with van der Waals surface area (Å²) in [7, 11) is 0. The molecule has 0 aliphatic rings. The Hall–Kier alpha value is -1.51. The molecular weight excluding hydrogens is 270 g/mol. The van der Waals surface area contributed by atoms with Crippen LogP contribution >= 0.6 is 11.6 Å². The number of aryl methyl sites for hydroxylation is 2. The van der Waals surface area contributed by atoms with E-state index in [1.54, 1.807) is 18.2 Å². The minimum Gasteiger partial charge on any atom is -0.508 e. The molecule has 2 aromatic carbocycles. The highest BCUT2D eigenvalue weighted by Crippen LogP contribution is 2.26. The second-order valence-electron chi connectivity index (χ2n) is 5.20. The van der Waals surface area contributed by atoms with Crippen molar-refractivity contribution in [3.05, 3.63) is 63.7 Å². The van der Waals surface area contributed by atoms with Crippen molar-refractivity contribution < 1.29 is 5.11 Å². The summed E-state index contributed by atoms with van der Waals surface area (Å²) in [4.78, 5) is 0. The molecule has 0 heterocycles. The molecule has 3 heteroatoms. The van der Waals surface area contributed by atoms with Crippen molar-refractivity contribution in [3.8, 4) is 5.75 Å². The van der Waals surface area contributed by atoms with Gasteiger partial charge >= 0.3 is 0 Å². The smallest absolute Gasteiger partial charge is 0.121 e. The van der Waals surface area contributed by atoms with Gasteiger partial charge in [-0.3, -0.25) is 0 Å². The largest absolute Gasteiger partial charge is 0.508 e. The normalized spacial score (nSPS) is 12.4. The number of hydrogen-bond donors (Lipinski definition) is 2. The second kappa shape index (κ2) is 6.29. The lowest BCUT2D eigenvalue weighted by atomic mass is 10.00. The van der Waals surface area contributed by atoms with E-state index in [2.05, 4.69) is 44.3 Å². The van der Waals surface area contributed by atoms with E-state index in [0.29, 0.717) is 11.6 Å². The number of aromatic hydroxyl groups is 1. The Bertz CT molecular complexity index is 590. The molecule has 0 spiro atoms.